The van der Waals surface area contributed by atoms with Crippen molar-refractivity contribution >= 4 is 41.1 Å². The van der Waals surface area contributed by atoms with Gasteiger partial charge in [-0.25, -0.2) is 10.0 Å². The monoisotopic (exact) mass is 412 g/mol. The summed E-state index contributed by atoms with van der Waals surface area (Å²) in [6, 6.07) is -0.533. The number of nitrogens with zero attached hydrogens (tertiary/aromatic N) is 4. The Balaban J connectivity index is 1.52. The van der Waals surface area contributed by atoms with Crippen molar-refractivity contribution in [2.24, 2.45) is 16.1 Å². The van der Waals surface area contributed by atoms with Crippen LogP contribution in [0.5, 0.6) is 0 Å². The molecule has 4 heterocycles. The van der Waals surface area contributed by atoms with Crippen LogP contribution in [0.1, 0.15) is 13.8 Å². The van der Waals surface area contributed by atoms with Crippen molar-refractivity contribution in [1.29, 1.82) is 0 Å². The van der Waals surface area contributed by atoms with Crippen molar-refractivity contribution in [2.45, 2.75) is 25.3 Å². The SMILES string of the molecule is CC1=NC2=C(C)N(O)NN2C(SCC2(C(=O)O)CS[C@@H]3C(N)C(=O)N3C2)=C1. The molecule has 2 saturated heterocycles. The minimum atomic E-state index is -1.07. The van der Waals surface area contributed by atoms with Gasteiger partial charge in [-0.2, -0.15) is 5.17 Å². The summed E-state index contributed by atoms with van der Waals surface area (Å²) >= 11 is 2.78. The zero-order chi connectivity index (χ0) is 19.5. The summed E-state index contributed by atoms with van der Waals surface area (Å²) in [5.41, 5.74) is 8.80. The number of β-lactam (4-membered cyclic amide) rings is 1. The lowest BCUT2D eigenvalue weighted by Gasteiger charge is -2.52. The molecule has 0 aromatic carbocycles. The maximum atomic E-state index is 12.1. The number of rotatable bonds is 4. The summed E-state index contributed by atoms with van der Waals surface area (Å²) in [6.45, 7) is 3.72. The van der Waals surface area contributed by atoms with Gasteiger partial charge in [-0.15, -0.1) is 29.1 Å². The third-order valence-corrected chi connectivity index (χ3v) is 7.92. The molecule has 0 saturated carbocycles. The van der Waals surface area contributed by atoms with Gasteiger partial charge in [0, 0.05) is 23.8 Å². The summed E-state index contributed by atoms with van der Waals surface area (Å²) in [5, 5.41) is 22.9. The highest BCUT2D eigenvalue weighted by atomic mass is 32.2. The van der Waals surface area contributed by atoms with Crippen LogP contribution in [0.4, 0.5) is 0 Å². The number of hydrogen-bond acceptors (Lipinski definition) is 10. The van der Waals surface area contributed by atoms with Crippen LogP contribution in [-0.4, -0.2) is 72.4 Å². The van der Waals surface area contributed by atoms with E-state index in [0.29, 0.717) is 17.3 Å². The number of allylic oxidation sites excluding steroid dienone is 2. The number of thioether (sulfide) groups is 2. The third kappa shape index (κ3) is 2.83. The van der Waals surface area contributed by atoms with Gasteiger partial charge in [0.15, 0.2) is 5.82 Å². The van der Waals surface area contributed by atoms with Crippen LogP contribution in [0.15, 0.2) is 27.6 Å². The Labute approximate surface area is 164 Å². The van der Waals surface area contributed by atoms with E-state index >= 15 is 0 Å². The molecule has 5 N–H and O–H groups in total. The molecular formula is C15H20N6O4S2. The molecule has 27 heavy (non-hydrogen) atoms. The molecule has 2 fully saturated rings. The van der Waals surface area contributed by atoms with Crippen LogP contribution in [0.2, 0.25) is 0 Å². The van der Waals surface area contributed by atoms with E-state index in [4.69, 9.17) is 5.73 Å². The highest BCUT2D eigenvalue weighted by molar-refractivity contribution is 8.03. The molecule has 0 aromatic rings. The maximum Gasteiger partial charge on any atom is 0.313 e. The molecule has 0 aromatic heterocycles. The fourth-order valence-electron chi connectivity index (χ4n) is 3.33. The first-order valence-electron chi connectivity index (χ1n) is 8.31. The minimum Gasteiger partial charge on any atom is -0.481 e. The molecule has 1 amide bonds. The van der Waals surface area contributed by atoms with Gasteiger partial charge in [-0.05, 0) is 19.9 Å². The van der Waals surface area contributed by atoms with Gasteiger partial charge in [0.1, 0.15) is 22.5 Å². The standard InChI is InChI=1S/C15H20N6O4S2/c1-7-3-9(20-11(17-7)8(2)21(25)18-20)26-5-15(14(23)24)4-19-12(22)10(16)13(19)27-6-15/h3,10,13,18,25H,4-6,16H2,1-2H3,(H,23,24)/t10?,13-,15?/m1/s1. The van der Waals surface area contributed by atoms with Crippen LogP contribution in [0.25, 0.3) is 0 Å². The van der Waals surface area contributed by atoms with Crippen molar-refractivity contribution in [3.63, 3.8) is 0 Å². The van der Waals surface area contributed by atoms with Gasteiger partial charge >= 0.3 is 5.97 Å². The maximum absolute atomic E-state index is 12.1. The van der Waals surface area contributed by atoms with Crippen molar-refractivity contribution in [1.82, 2.24) is 20.6 Å². The number of amides is 1. The first kappa shape index (κ1) is 18.6. The van der Waals surface area contributed by atoms with E-state index < -0.39 is 17.4 Å². The number of fused-ring (bicyclic) bond motifs is 2. The Kier molecular flexibility index (Phi) is 4.42. The second-order valence-corrected chi connectivity index (χ2v) is 9.06. The molecule has 0 aliphatic carbocycles. The van der Waals surface area contributed by atoms with E-state index in [9.17, 15) is 19.9 Å². The minimum absolute atomic E-state index is 0.126. The molecule has 0 radical (unpaired) electrons. The first-order valence-corrected chi connectivity index (χ1v) is 10.3. The number of aliphatic imine (C=N–C) groups is 1. The van der Waals surface area contributed by atoms with Gasteiger partial charge in [0.25, 0.3) is 0 Å². The van der Waals surface area contributed by atoms with E-state index in [1.165, 1.54) is 23.5 Å². The number of carbonyl (C=O) groups is 2. The van der Waals surface area contributed by atoms with Crippen molar-refractivity contribution in [2.75, 3.05) is 18.1 Å². The zero-order valence-electron chi connectivity index (χ0n) is 14.7. The molecule has 0 bridgehead atoms. The quantitative estimate of drug-likeness (QED) is 0.466. The highest BCUT2D eigenvalue weighted by Crippen LogP contribution is 2.44. The van der Waals surface area contributed by atoms with Crippen LogP contribution in [0, 0.1) is 5.41 Å². The van der Waals surface area contributed by atoms with E-state index in [-0.39, 0.29) is 23.6 Å². The molecule has 4 rings (SSSR count). The lowest BCUT2D eigenvalue weighted by molar-refractivity contribution is -0.155. The fourth-order valence-corrected chi connectivity index (χ4v) is 6.20. The van der Waals surface area contributed by atoms with E-state index in [2.05, 4.69) is 10.5 Å². The van der Waals surface area contributed by atoms with Gasteiger partial charge in [-0.3, -0.25) is 14.8 Å². The number of carboxylic acids is 1. The Morgan fingerprint density at radius 3 is 3.00 bits per heavy atom. The summed E-state index contributed by atoms with van der Waals surface area (Å²) in [6.07, 6.45) is 1.83. The third-order valence-electron chi connectivity index (χ3n) is 5.02. The van der Waals surface area contributed by atoms with Crippen molar-refractivity contribution < 1.29 is 19.9 Å². The molecule has 2 unspecified atom stereocenters. The van der Waals surface area contributed by atoms with Gasteiger partial charge in [0.2, 0.25) is 5.91 Å². The Hall–Kier alpha value is -1.73. The second-order valence-electron chi connectivity index (χ2n) is 6.96. The van der Waals surface area contributed by atoms with Crippen molar-refractivity contribution in [3.8, 4) is 0 Å². The molecule has 4 aliphatic rings. The van der Waals surface area contributed by atoms with Crippen molar-refractivity contribution in [3.05, 3.63) is 22.6 Å². The topological polar surface area (TPSA) is 135 Å². The lowest BCUT2D eigenvalue weighted by atomic mass is 9.89. The Morgan fingerprint density at radius 2 is 2.30 bits per heavy atom. The molecule has 12 heteroatoms. The number of aliphatic carboxylic acids is 1. The highest BCUT2D eigenvalue weighted by Gasteiger charge is 2.56. The number of hydrogen-bond donors (Lipinski definition) is 4. The van der Waals surface area contributed by atoms with Gasteiger partial charge in [0.05, 0.1) is 5.03 Å². The number of hydroxylamine groups is 1. The largest absolute Gasteiger partial charge is 0.481 e. The number of nitrogens with one attached hydrogen (secondary N) is 1. The molecule has 4 aliphatic heterocycles. The molecular weight excluding hydrogens is 392 g/mol. The predicted octanol–water partition coefficient (Wildman–Crippen LogP) is -0.0357. The number of hydrazine groups is 2. The lowest BCUT2D eigenvalue weighted by Crippen LogP contribution is -2.72. The van der Waals surface area contributed by atoms with Crippen LogP contribution >= 0.6 is 23.5 Å². The van der Waals surface area contributed by atoms with E-state index in [0.717, 1.165) is 15.9 Å². The van der Waals surface area contributed by atoms with E-state index in [1.54, 1.807) is 16.8 Å². The van der Waals surface area contributed by atoms with Gasteiger partial charge in [-0.1, -0.05) is 0 Å². The number of nitrogens with two attached hydrogens (primary N) is 1. The summed E-state index contributed by atoms with van der Waals surface area (Å²) in [7, 11) is 0. The zero-order valence-corrected chi connectivity index (χ0v) is 16.4. The molecule has 10 nitrogen and oxygen atoms in total. The summed E-state index contributed by atoms with van der Waals surface area (Å²) < 4.78 is 0. The van der Waals surface area contributed by atoms with Crippen LogP contribution in [-0.2, 0) is 9.59 Å². The number of carbonyl (C=O) groups excluding carboxylic acids is 1. The smallest absolute Gasteiger partial charge is 0.313 e. The van der Waals surface area contributed by atoms with Crippen LogP contribution in [0.3, 0.4) is 0 Å². The molecule has 0 spiro atoms. The van der Waals surface area contributed by atoms with E-state index in [1.807, 2.05) is 13.0 Å². The Bertz CT molecular complexity index is 814. The molecule has 3 atom stereocenters. The average Bonchev–Trinajstić information content (AvgIpc) is 2.93. The summed E-state index contributed by atoms with van der Waals surface area (Å²) in [5.74, 6) is 0.100. The predicted molar refractivity (Wildman–Crippen MR) is 101 cm³/mol. The number of carboxylic acid groups (broad SMARTS) is 1. The summed E-state index contributed by atoms with van der Waals surface area (Å²) in [4.78, 5) is 30.0. The Morgan fingerprint density at radius 1 is 1.56 bits per heavy atom. The van der Waals surface area contributed by atoms with Gasteiger partial charge < -0.3 is 15.7 Å². The fraction of sp³-hybridized carbons (Fsp3) is 0.533. The van der Waals surface area contributed by atoms with Crippen LogP contribution < -0.4 is 11.3 Å². The first-order chi connectivity index (χ1) is 12.7. The normalized spacial score (nSPS) is 32.7. The second kappa shape index (κ2) is 6.41. The molecule has 146 valence electrons. The average molecular weight is 412 g/mol.